The van der Waals surface area contributed by atoms with Crippen molar-refractivity contribution in [3.05, 3.63) is 71.8 Å². The van der Waals surface area contributed by atoms with Crippen LogP contribution in [-0.4, -0.2) is 66.2 Å². The van der Waals surface area contributed by atoms with Gasteiger partial charge in [-0.25, -0.2) is 0 Å². The van der Waals surface area contributed by atoms with Gasteiger partial charge in [-0.05, 0) is 44.1 Å². The lowest BCUT2D eigenvalue weighted by molar-refractivity contribution is -0.141. The van der Waals surface area contributed by atoms with Gasteiger partial charge in [0.25, 0.3) is 0 Å². The molecule has 1 aliphatic rings. The molecule has 1 unspecified atom stereocenters. The average Bonchev–Trinajstić information content (AvgIpc) is 3.31. The summed E-state index contributed by atoms with van der Waals surface area (Å²) in [4.78, 5) is 36.2. The van der Waals surface area contributed by atoms with Gasteiger partial charge in [0.1, 0.15) is 18.1 Å². The first-order valence-electron chi connectivity index (χ1n) is 12.1. The Balaban J connectivity index is 2.15. The summed E-state index contributed by atoms with van der Waals surface area (Å²) in [6.07, 6.45) is 0.859. The minimum Gasteiger partial charge on any atom is -0.396 e. The van der Waals surface area contributed by atoms with Gasteiger partial charge < -0.3 is 20.4 Å². The lowest BCUT2D eigenvalue weighted by Crippen LogP contribution is -2.53. The number of hydrogen-bond donors (Lipinski definition) is 1. The van der Waals surface area contributed by atoms with E-state index in [4.69, 9.17) is 10.6 Å². The Morgan fingerprint density at radius 1 is 1.03 bits per heavy atom. The quantitative estimate of drug-likeness (QED) is 0.518. The predicted molar refractivity (Wildman–Crippen MR) is 134 cm³/mol. The molecule has 0 radical (unpaired) electrons. The molecule has 34 heavy (non-hydrogen) atoms. The Labute approximate surface area is 202 Å². The van der Waals surface area contributed by atoms with Gasteiger partial charge in [0, 0.05) is 6.42 Å². The molecule has 2 aromatic rings. The van der Waals surface area contributed by atoms with Crippen molar-refractivity contribution in [3.63, 3.8) is 0 Å². The molecule has 0 aromatic heterocycles. The normalized spacial score (nSPS) is 17.4. The van der Waals surface area contributed by atoms with Crippen LogP contribution in [0.5, 0.6) is 0 Å². The largest absolute Gasteiger partial charge is 0.396 e. The highest BCUT2D eigenvalue weighted by Gasteiger charge is 2.49. The molecular formula is C27H36N4O3. The maximum atomic E-state index is 14.6. The van der Waals surface area contributed by atoms with Crippen molar-refractivity contribution in [1.29, 1.82) is 0 Å². The van der Waals surface area contributed by atoms with Gasteiger partial charge in [-0.3, -0.25) is 9.59 Å². The van der Waals surface area contributed by atoms with E-state index >= 15 is 0 Å². The molecule has 0 bridgehead atoms. The van der Waals surface area contributed by atoms with Gasteiger partial charge in [-0.15, -0.1) is 0 Å². The summed E-state index contributed by atoms with van der Waals surface area (Å²) in [7, 11) is 0. The number of nitrogens with zero attached hydrogens (tertiary/aromatic N) is 3. The number of carbonyl (C=O) groups excluding carboxylic acids is 2. The Bertz CT molecular complexity index is 934. The second kappa shape index (κ2) is 11.8. The Morgan fingerprint density at radius 3 is 2.06 bits per heavy atom. The van der Waals surface area contributed by atoms with Gasteiger partial charge in [-0.2, -0.15) is 0 Å². The van der Waals surface area contributed by atoms with Crippen LogP contribution in [0.3, 0.4) is 0 Å². The summed E-state index contributed by atoms with van der Waals surface area (Å²) in [6, 6.07) is 18.9. The smallest absolute Gasteiger partial charge is 0.240 e. The second-order valence-electron chi connectivity index (χ2n) is 8.54. The molecule has 2 amide bonds. The fourth-order valence-electron chi connectivity index (χ4n) is 4.76. The molecule has 1 saturated heterocycles. The molecule has 1 heterocycles. The fourth-order valence-corrected chi connectivity index (χ4v) is 4.76. The lowest BCUT2D eigenvalue weighted by Gasteiger charge is -2.39. The van der Waals surface area contributed by atoms with E-state index in [0.29, 0.717) is 18.7 Å². The minimum absolute atomic E-state index is 0.137. The number of nitrogens with two attached hydrogens (primary N) is 1. The van der Waals surface area contributed by atoms with E-state index in [1.807, 2.05) is 67.6 Å². The molecule has 2 aromatic carbocycles. The van der Waals surface area contributed by atoms with E-state index in [1.165, 1.54) is 0 Å². The van der Waals surface area contributed by atoms with Crippen LogP contribution in [0.25, 0.3) is 0 Å². The topological polar surface area (TPSA) is 88.2 Å². The molecule has 1 aliphatic heterocycles. The van der Waals surface area contributed by atoms with E-state index < -0.39 is 17.4 Å². The number of likely N-dealkylation sites (tertiary alicyclic amines) is 1. The highest BCUT2D eigenvalue weighted by atomic mass is 16.6. The number of amides is 2. The number of carbonyl (C=O) groups is 2. The zero-order valence-corrected chi connectivity index (χ0v) is 20.4. The number of rotatable bonds is 11. The van der Waals surface area contributed by atoms with Crippen molar-refractivity contribution in [3.8, 4) is 0 Å². The van der Waals surface area contributed by atoms with Crippen LogP contribution in [-0.2, 0) is 19.8 Å². The number of oxime groups is 1. The summed E-state index contributed by atoms with van der Waals surface area (Å²) >= 11 is 0. The van der Waals surface area contributed by atoms with E-state index in [1.54, 1.807) is 4.90 Å². The van der Waals surface area contributed by atoms with Crippen molar-refractivity contribution in [1.82, 2.24) is 9.80 Å². The van der Waals surface area contributed by atoms with Crippen LogP contribution < -0.4 is 5.73 Å². The van der Waals surface area contributed by atoms with Gasteiger partial charge in [-0.1, -0.05) is 79.7 Å². The zero-order chi connectivity index (χ0) is 24.6. The Morgan fingerprint density at radius 2 is 1.59 bits per heavy atom. The zero-order valence-electron chi connectivity index (χ0n) is 20.4. The molecule has 182 valence electrons. The van der Waals surface area contributed by atoms with Crippen LogP contribution in [0.1, 0.15) is 44.7 Å². The van der Waals surface area contributed by atoms with Gasteiger partial charge in [0.15, 0.2) is 0 Å². The lowest BCUT2D eigenvalue weighted by atomic mass is 9.70. The summed E-state index contributed by atoms with van der Waals surface area (Å²) in [5.41, 5.74) is 7.24. The van der Waals surface area contributed by atoms with E-state index in [2.05, 4.69) is 23.9 Å². The van der Waals surface area contributed by atoms with Gasteiger partial charge >= 0.3 is 0 Å². The van der Waals surface area contributed by atoms with Crippen molar-refractivity contribution < 1.29 is 14.4 Å². The molecule has 1 fully saturated rings. The van der Waals surface area contributed by atoms with Crippen molar-refractivity contribution in [2.75, 3.05) is 32.8 Å². The third kappa shape index (κ3) is 5.30. The molecule has 0 aliphatic carbocycles. The van der Waals surface area contributed by atoms with Gasteiger partial charge in [0.2, 0.25) is 11.8 Å². The van der Waals surface area contributed by atoms with Crippen LogP contribution >= 0.6 is 0 Å². The van der Waals surface area contributed by atoms with Crippen LogP contribution in [0.15, 0.2) is 65.8 Å². The molecule has 0 spiro atoms. The standard InChI is InChI=1S/C27H36N4O3/c1-4-30(5-2)18-17-27(21-13-9-7-10-14-21,22-15-11-8-12-16-22)26(33)31-20-23(29-34-6-3)19-24(31)25(28)32/h7-16,24H,4-6,17-20H2,1-3H3,(H2,28,32). The highest BCUT2D eigenvalue weighted by Crippen LogP contribution is 2.39. The Kier molecular flexibility index (Phi) is 8.82. The Hall–Kier alpha value is -3.19. The predicted octanol–water partition coefficient (Wildman–Crippen LogP) is 3.18. The van der Waals surface area contributed by atoms with E-state index in [-0.39, 0.29) is 18.9 Å². The SMILES string of the molecule is CCON=C1CC(C(N)=O)N(C(=O)C(CCN(CC)CC)(c2ccccc2)c2ccccc2)C1. The molecule has 3 rings (SSSR count). The summed E-state index contributed by atoms with van der Waals surface area (Å²) in [6.45, 7) is 9.25. The van der Waals surface area contributed by atoms with Crippen LogP contribution in [0.2, 0.25) is 0 Å². The molecular weight excluding hydrogens is 428 g/mol. The van der Waals surface area contributed by atoms with Gasteiger partial charge in [0.05, 0.1) is 12.3 Å². The van der Waals surface area contributed by atoms with Crippen molar-refractivity contribution >= 4 is 17.5 Å². The third-order valence-corrected chi connectivity index (χ3v) is 6.67. The monoisotopic (exact) mass is 464 g/mol. The first-order valence-corrected chi connectivity index (χ1v) is 12.1. The molecule has 2 N–H and O–H groups in total. The van der Waals surface area contributed by atoms with Crippen molar-refractivity contribution in [2.45, 2.75) is 45.1 Å². The molecule has 1 atom stereocenters. The number of hydrogen-bond acceptors (Lipinski definition) is 5. The molecule has 7 heteroatoms. The van der Waals surface area contributed by atoms with E-state index in [9.17, 15) is 9.59 Å². The van der Waals surface area contributed by atoms with E-state index in [0.717, 1.165) is 30.8 Å². The fraction of sp³-hybridized carbons (Fsp3) is 0.444. The summed E-state index contributed by atoms with van der Waals surface area (Å²) in [5.74, 6) is -0.670. The average molecular weight is 465 g/mol. The molecule has 7 nitrogen and oxygen atoms in total. The maximum absolute atomic E-state index is 14.6. The first kappa shape index (κ1) is 25.4. The van der Waals surface area contributed by atoms with Crippen LogP contribution in [0.4, 0.5) is 0 Å². The second-order valence-corrected chi connectivity index (χ2v) is 8.54. The molecule has 0 saturated carbocycles. The summed E-state index contributed by atoms with van der Waals surface area (Å²) in [5, 5.41) is 4.14. The minimum atomic E-state index is -0.972. The number of primary amides is 1. The van der Waals surface area contributed by atoms with Crippen molar-refractivity contribution in [2.24, 2.45) is 10.9 Å². The van der Waals surface area contributed by atoms with Crippen LogP contribution in [0, 0.1) is 0 Å². The first-order chi connectivity index (χ1) is 16.5. The maximum Gasteiger partial charge on any atom is 0.240 e. The third-order valence-electron chi connectivity index (χ3n) is 6.67. The summed E-state index contributed by atoms with van der Waals surface area (Å²) < 4.78 is 0. The highest BCUT2D eigenvalue weighted by molar-refractivity contribution is 6.04. The number of benzene rings is 2.